The molecule has 1 aliphatic heterocycles. The van der Waals surface area contributed by atoms with Gasteiger partial charge in [0.15, 0.2) is 11.5 Å². The number of ether oxygens (including phenoxy) is 2. The number of fused-ring (bicyclic) bond motifs is 2. The fraction of sp³-hybridized carbons (Fsp3) is 0.526. The minimum Gasteiger partial charge on any atom is -0.493 e. The van der Waals surface area contributed by atoms with Crippen LogP contribution in [-0.2, 0) is 9.59 Å². The Bertz CT molecular complexity index is 736. The van der Waals surface area contributed by atoms with E-state index in [2.05, 4.69) is 16.0 Å². The largest absolute Gasteiger partial charge is 0.493 e. The van der Waals surface area contributed by atoms with Gasteiger partial charge in [0, 0.05) is 18.2 Å². The standard InChI is InChI=1S/C19H27N3O6/c1-10(2)13-8-20-9-16(23)21-11(3)17(19(25)26)28-15-7-12(18(24)22-13)5-6-14(15)27-4/h5-7,10-11,13,17,20H,8-9H2,1-4H3,(H,21,23)(H,22,24)(H,25,26)/t11-,13+,17-/m0/s1. The molecule has 0 radical (unpaired) electrons. The Morgan fingerprint density at radius 1 is 1.29 bits per heavy atom. The Kier molecular flexibility index (Phi) is 7.22. The van der Waals surface area contributed by atoms with Crippen molar-refractivity contribution in [2.45, 2.75) is 39.0 Å². The predicted molar refractivity (Wildman–Crippen MR) is 102 cm³/mol. The maximum absolute atomic E-state index is 12.7. The van der Waals surface area contributed by atoms with E-state index in [1.807, 2.05) is 13.8 Å². The Morgan fingerprint density at radius 3 is 2.61 bits per heavy atom. The number of carbonyl (C=O) groups is 3. The van der Waals surface area contributed by atoms with E-state index in [1.165, 1.54) is 13.2 Å². The molecule has 154 valence electrons. The Labute approximate surface area is 163 Å². The SMILES string of the molecule is COc1ccc2cc1O[C@H](C(=O)O)[C@H](C)NC(=O)CNC[C@H](C(C)C)NC2=O. The number of methoxy groups -OCH3 is 1. The van der Waals surface area contributed by atoms with Crippen LogP contribution in [0.25, 0.3) is 0 Å². The first-order chi connectivity index (χ1) is 13.2. The Morgan fingerprint density at radius 2 is 2.00 bits per heavy atom. The predicted octanol–water partition coefficient (Wildman–Crippen LogP) is 0.390. The van der Waals surface area contributed by atoms with Crippen molar-refractivity contribution in [3.8, 4) is 11.5 Å². The molecule has 0 unspecified atom stereocenters. The highest BCUT2D eigenvalue weighted by atomic mass is 16.5. The Balaban J connectivity index is 2.44. The summed E-state index contributed by atoms with van der Waals surface area (Å²) >= 11 is 0. The van der Waals surface area contributed by atoms with Gasteiger partial charge in [-0.15, -0.1) is 0 Å². The lowest BCUT2D eigenvalue weighted by Gasteiger charge is -2.26. The molecule has 1 aliphatic rings. The number of carbonyl (C=O) groups excluding carboxylic acids is 2. The first-order valence-electron chi connectivity index (χ1n) is 9.11. The number of benzene rings is 1. The highest BCUT2D eigenvalue weighted by Crippen LogP contribution is 2.29. The van der Waals surface area contributed by atoms with Gasteiger partial charge >= 0.3 is 5.97 Å². The minimum atomic E-state index is -1.36. The molecule has 0 fully saturated rings. The second-order valence-corrected chi connectivity index (χ2v) is 7.05. The molecule has 28 heavy (non-hydrogen) atoms. The zero-order valence-electron chi connectivity index (χ0n) is 16.4. The summed E-state index contributed by atoms with van der Waals surface area (Å²) in [7, 11) is 1.42. The van der Waals surface area contributed by atoms with Crippen molar-refractivity contribution in [3.05, 3.63) is 23.8 Å². The van der Waals surface area contributed by atoms with Gasteiger partial charge in [-0.25, -0.2) is 4.79 Å². The molecule has 9 nitrogen and oxygen atoms in total. The van der Waals surface area contributed by atoms with E-state index in [4.69, 9.17) is 9.47 Å². The molecular formula is C19H27N3O6. The van der Waals surface area contributed by atoms with E-state index in [0.717, 1.165) is 0 Å². The van der Waals surface area contributed by atoms with E-state index in [9.17, 15) is 19.5 Å². The van der Waals surface area contributed by atoms with Crippen molar-refractivity contribution >= 4 is 17.8 Å². The second-order valence-electron chi connectivity index (χ2n) is 7.05. The summed E-state index contributed by atoms with van der Waals surface area (Å²) in [6.07, 6.45) is -1.36. The van der Waals surface area contributed by atoms with Crippen LogP contribution in [0.4, 0.5) is 0 Å². The molecular weight excluding hydrogens is 366 g/mol. The van der Waals surface area contributed by atoms with Gasteiger partial charge in [-0.05, 0) is 31.0 Å². The lowest BCUT2D eigenvalue weighted by atomic mass is 10.0. The van der Waals surface area contributed by atoms with Crippen molar-refractivity contribution in [2.24, 2.45) is 5.92 Å². The summed E-state index contributed by atoms with van der Waals surface area (Å²) in [6, 6.07) is 3.56. The zero-order chi connectivity index (χ0) is 20.8. The monoisotopic (exact) mass is 393 g/mol. The van der Waals surface area contributed by atoms with E-state index >= 15 is 0 Å². The third kappa shape index (κ3) is 5.35. The van der Waals surface area contributed by atoms with Crippen LogP contribution in [0.2, 0.25) is 0 Å². The van der Waals surface area contributed by atoms with E-state index in [0.29, 0.717) is 12.1 Å². The van der Waals surface area contributed by atoms with Crippen LogP contribution in [0.15, 0.2) is 18.2 Å². The molecule has 2 bridgehead atoms. The number of aliphatic carboxylic acids is 1. The van der Waals surface area contributed by atoms with Crippen molar-refractivity contribution in [2.75, 3.05) is 20.2 Å². The first kappa shape index (κ1) is 21.5. The van der Waals surface area contributed by atoms with Crippen LogP contribution in [0.5, 0.6) is 11.5 Å². The van der Waals surface area contributed by atoms with Crippen molar-refractivity contribution in [1.29, 1.82) is 0 Å². The molecule has 1 heterocycles. The lowest BCUT2D eigenvalue weighted by Crippen LogP contribution is -2.52. The molecule has 3 atom stereocenters. The number of nitrogens with one attached hydrogen (secondary N) is 3. The second kappa shape index (κ2) is 9.41. The quantitative estimate of drug-likeness (QED) is 0.585. The zero-order valence-corrected chi connectivity index (χ0v) is 16.4. The van der Waals surface area contributed by atoms with Gasteiger partial charge in [-0.2, -0.15) is 0 Å². The number of hydrogen-bond donors (Lipinski definition) is 4. The van der Waals surface area contributed by atoms with Gasteiger partial charge in [0.25, 0.3) is 5.91 Å². The van der Waals surface area contributed by atoms with E-state index in [1.54, 1.807) is 19.1 Å². The summed E-state index contributed by atoms with van der Waals surface area (Å²) in [5.41, 5.74) is 0.319. The number of carboxylic acids is 1. The number of carboxylic acid groups (broad SMARTS) is 1. The fourth-order valence-corrected chi connectivity index (χ4v) is 2.84. The van der Waals surface area contributed by atoms with Crippen molar-refractivity contribution in [3.63, 3.8) is 0 Å². The molecule has 2 amide bonds. The summed E-state index contributed by atoms with van der Waals surface area (Å²) in [5.74, 6) is -1.40. The number of amides is 2. The third-order valence-corrected chi connectivity index (χ3v) is 4.54. The van der Waals surface area contributed by atoms with Crippen LogP contribution in [0.3, 0.4) is 0 Å². The molecule has 2 rings (SSSR count). The number of hydrogen-bond acceptors (Lipinski definition) is 6. The van der Waals surface area contributed by atoms with E-state index in [-0.39, 0.29) is 41.8 Å². The maximum atomic E-state index is 12.7. The minimum absolute atomic E-state index is 0.00954. The van der Waals surface area contributed by atoms with Gasteiger partial charge in [0.1, 0.15) is 0 Å². The molecule has 4 N–H and O–H groups in total. The van der Waals surface area contributed by atoms with Gasteiger partial charge in [0.05, 0.1) is 19.7 Å². The molecule has 1 aromatic rings. The fourth-order valence-electron chi connectivity index (χ4n) is 2.84. The summed E-state index contributed by atoms with van der Waals surface area (Å²) in [5, 5.41) is 18.1. The van der Waals surface area contributed by atoms with Gasteiger partial charge in [-0.3, -0.25) is 9.59 Å². The average molecular weight is 393 g/mol. The van der Waals surface area contributed by atoms with Crippen LogP contribution in [0.1, 0.15) is 31.1 Å². The summed E-state index contributed by atoms with van der Waals surface area (Å²) < 4.78 is 10.9. The topological polar surface area (TPSA) is 126 Å². The highest BCUT2D eigenvalue weighted by Gasteiger charge is 2.30. The molecule has 0 spiro atoms. The molecule has 1 aromatic carbocycles. The normalized spacial score (nSPS) is 23.8. The van der Waals surface area contributed by atoms with Crippen LogP contribution < -0.4 is 25.4 Å². The third-order valence-electron chi connectivity index (χ3n) is 4.54. The van der Waals surface area contributed by atoms with Crippen LogP contribution >= 0.6 is 0 Å². The van der Waals surface area contributed by atoms with E-state index < -0.39 is 18.1 Å². The first-order valence-corrected chi connectivity index (χ1v) is 9.11. The van der Waals surface area contributed by atoms with Crippen molar-refractivity contribution < 1.29 is 29.0 Å². The lowest BCUT2D eigenvalue weighted by molar-refractivity contribution is -0.146. The number of rotatable bonds is 3. The maximum Gasteiger partial charge on any atom is 0.347 e. The van der Waals surface area contributed by atoms with Crippen LogP contribution in [0, 0.1) is 5.92 Å². The highest BCUT2D eigenvalue weighted by molar-refractivity contribution is 5.95. The van der Waals surface area contributed by atoms with Gasteiger partial charge in [-0.1, -0.05) is 13.8 Å². The summed E-state index contributed by atoms with van der Waals surface area (Å²) in [4.78, 5) is 36.5. The van der Waals surface area contributed by atoms with Crippen LogP contribution in [-0.4, -0.2) is 61.3 Å². The smallest absolute Gasteiger partial charge is 0.347 e. The van der Waals surface area contributed by atoms with Gasteiger partial charge in [0.2, 0.25) is 12.0 Å². The molecule has 9 heteroatoms. The molecule has 0 aromatic heterocycles. The summed E-state index contributed by atoms with van der Waals surface area (Å²) in [6.45, 7) is 5.87. The van der Waals surface area contributed by atoms with Crippen molar-refractivity contribution in [1.82, 2.24) is 16.0 Å². The Hall–Kier alpha value is -2.81. The molecule has 0 aliphatic carbocycles. The molecule has 0 saturated heterocycles. The molecule has 0 saturated carbocycles. The van der Waals surface area contributed by atoms with Gasteiger partial charge < -0.3 is 30.5 Å². The average Bonchev–Trinajstić information content (AvgIpc) is 2.63.